The molecule has 0 saturated heterocycles. The quantitative estimate of drug-likeness (QED) is 0.814. The Balaban J connectivity index is 1.78. The molecule has 0 spiro atoms. The first kappa shape index (κ1) is 16.3. The molecule has 5 heteroatoms. The summed E-state index contributed by atoms with van der Waals surface area (Å²) in [5.74, 6) is 1.13. The van der Waals surface area contributed by atoms with Gasteiger partial charge in [-0.2, -0.15) is 0 Å². The number of carbonyl (C=O) groups is 2. The summed E-state index contributed by atoms with van der Waals surface area (Å²) in [6, 6.07) is 7.11. The second-order valence-electron chi connectivity index (χ2n) is 5.73. The lowest BCUT2D eigenvalue weighted by Crippen LogP contribution is -2.24. The van der Waals surface area contributed by atoms with Crippen LogP contribution in [0.25, 0.3) is 0 Å². The van der Waals surface area contributed by atoms with Crippen molar-refractivity contribution in [1.82, 2.24) is 5.32 Å². The van der Waals surface area contributed by atoms with E-state index in [1.165, 1.54) is 25.7 Å². The molecular weight excluding hydrogens is 280 g/mol. The fraction of sp³-hybridized carbons (Fsp3) is 0.529. The normalized spacial score (nSPS) is 14.6. The predicted molar refractivity (Wildman–Crippen MR) is 85.8 cm³/mol. The fourth-order valence-electron chi connectivity index (χ4n) is 2.74. The van der Waals surface area contributed by atoms with Gasteiger partial charge in [-0.15, -0.1) is 0 Å². The zero-order chi connectivity index (χ0) is 15.8. The summed E-state index contributed by atoms with van der Waals surface area (Å²) in [6.45, 7) is -0.0322. The number of carbonyl (C=O) groups excluding carboxylic acids is 2. The number of rotatable bonds is 7. The largest absolute Gasteiger partial charge is 0.484 e. The van der Waals surface area contributed by atoms with Gasteiger partial charge in [0.1, 0.15) is 5.75 Å². The molecule has 22 heavy (non-hydrogen) atoms. The fourth-order valence-corrected chi connectivity index (χ4v) is 2.74. The lowest BCUT2D eigenvalue weighted by atomic mass is 10.0. The van der Waals surface area contributed by atoms with E-state index in [4.69, 9.17) is 4.74 Å². The van der Waals surface area contributed by atoms with Crippen molar-refractivity contribution >= 4 is 17.5 Å². The number of ether oxygens (including phenoxy) is 1. The minimum Gasteiger partial charge on any atom is -0.484 e. The number of hydrogen-bond donors (Lipinski definition) is 2. The molecule has 1 fully saturated rings. The smallest absolute Gasteiger partial charge is 0.257 e. The second kappa shape index (κ2) is 8.41. The number of hydrogen-bond acceptors (Lipinski definition) is 3. The molecule has 2 amide bonds. The number of nitrogens with one attached hydrogen (secondary N) is 2. The first-order valence-electron chi connectivity index (χ1n) is 7.90. The summed E-state index contributed by atoms with van der Waals surface area (Å²) in [5, 5.41) is 5.38. The van der Waals surface area contributed by atoms with Crippen LogP contribution in [0.4, 0.5) is 5.69 Å². The molecule has 1 saturated carbocycles. The molecule has 1 aromatic carbocycles. The molecule has 0 atom stereocenters. The van der Waals surface area contributed by atoms with Crippen molar-refractivity contribution in [2.45, 2.75) is 38.5 Å². The van der Waals surface area contributed by atoms with Gasteiger partial charge in [0, 0.05) is 25.2 Å². The molecule has 2 rings (SSSR count). The summed E-state index contributed by atoms with van der Waals surface area (Å²) in [4.78, 5) is 23.1. The Morgan fingerprint density at radius 2 is 2.00 bits per heavy atom. The van der Waals surface area contributed by atoms with E-state index in [0.717, 1.165) is 6.42 Å². The highest BCUT2D eigenvalue weighted by molar-refractivity contribution is 5.90. The van der Waals surface area contributed by atoms with E-state index in [1.54, 1.807) is 25.2 Å². The molecule has 1 aromatic rings. The summed E-state index contributed by atoms with van der Waals surface area (Å²) >= 11 is 0. The average Bonchev–Trinajstić information content (AvgIpc) is 3.04. The lowest BCUT2D eigenvalue weighted by Gasteiger charge is -2.10. The summed E-state index contributed by atoms with van der Waals surface area (Å²) < 4.78 is 5.36. The SMILES string of the molecule is CNC(=O)COc1cccc(NC(=O)CCC2CCCC2)c1. The Kier molecular flexibility index (Phi) is 6.25. The molecule has 2 N–H and O–H groups in total. The van der Waals surface area contributed by atoms with Gasteiger partial charge < -0.3 is 15.4 Å². The van der Waals surface area contributed by atoms with Gasteiger partial charge in [0.25, 0.3) is 5.91 Å². The average molecular weight is 304 g/mol. The highest BCUT2D eigenvalue weighted by atomic mass is 16.5. The highest BCUT2D eigenvalue weighted by Gasteiger charge is 2.16. The van der Waals surface area contributed by atoms with Crippen LogP contribution in [0, 0.1) is 5.92 Å². The van der Waals surface area contributed by atoms with Gasteiger partial charge in [-0.3, -0.25) is 9.59 Å². The molecule has 0 aliphatic heterocycles. The van der Waals surface area contributed by atoms with Crippen molar-refractivity contribution in [2.24, 2.45) is 5.92 Å². The maximum Gasteiger partial charge on any atom is 0.257 e. The second-order valence-corrected chi connectivity index (χ2v) is 5.73. The van der Waals surface area contributed by atoms with Crippen molar-refractivity contribution in [3.8, 4) is 5.75 Å². The van der Waals surface area contributed by atoms with Crippen LogP contribution >= 0.6 is 0 Å². The number of anilines is 1. The monoisotopic (exact) mass is 304 g/mol. The van der Waals surface area contributed by atoms with Crippen LogP contribution in [0.5, 0.6) is 5.75 Å². The molecule has 1 aliphatic carbocycles. The third-order valence-electron chi connectivity index (χ3n) is 4.02. The van der Waals surface area contributed by atoms with Crippen LogP contribution < -0.4 is 15.4 Å². The topological polar surface area (TPSA) is 67.4 Å². The van der Waals surface area contributed by atoms with E-state index >= 15 is 0 Å². The van der Waals surface area contributed by atoms with Gasteiger partial charge in [0.05, 0.1) is 0 Å². The standard InChI is InChI=1S/C17H24N2O3/c1-18-17(21)12-22-15-8-4-7-14(11-15)19-16(20)10-9-13-5-2-3-6-13/h4,7-8,11,13H,2-3,5-6,9-10,12H2,1H3,(H,18,21)(H,19,20). The Bertz CT molecular complexity index is 510. The minimum atomic E-state index is -0.189. The first-order chi connectivity index (χ1) is 10.7. The molecule has 0 unspecified atom stereocenters. The zero-order valence-corrected chi connectivity index (χ0v) is 13.1. The number of likely N-dealkylation sites (N-methyl/N-ethyl adjacent to an activating group) is 1. The van der Waals surface area contributed by atoms with Crippen LogP contribution in [0.15, 0.2) is 24.3 Å². The maximum atomic E-state index is 12.0. The minimum absolute atomic E-state index is 0.0322. The van der Waals surface area contributed by atoms with Crippen LogP contribution in [-0.2, 0) is 9.59 Å². The van der Waals surface area contributed by atoms with Crippen molar-refractivity contribution < 1.29 is 14.3 Å². The summed E-state index contributed by atoms with van der Waals surface area (Å²) in [7, 11) is 1.56. The number of amides is 2. The Morgan fingerprint density at radius 1 is 1.23 bits per heavy atom. The van der Waals surface area contributed by atoms with Gasteiger partial charge in [-0.1, -0.05) is 31.7 Å². The van der Waals surface area contributed by atoms with Gasteiger partial charge in [0.15, 0.2) is 6.61 Å². The van der Waals surface area contributed by atoms with E-state index in [9.17, 15) is 9.59 Å². The zero-order valence-electron chi connectivity index (χ0n) is 13.1. The van der Waals surface area contributed by atoms with Gasteiger partial charge in [0.2, 0.25) is 5.91 Å². The molecule has 1 aliphatic rings. The van der Waals surface area contributed by atoms with Crippen molar-refractivity contribution in [3.63, 3.8) is 0 Å². The van der Waals surface area contributed by atoms with Crippen molar-refractivity contribution in [1.29, 1.82) is 0 Å². The third-order valence-corrected chi connectivity index (χ3v) is 4.02. The van der Waals surface area contributed by atoms with E-state index < -0.39 is 0 Å². The van der Waals surface area contributed by atoms with E-state index in [2.05, 4.69) is 10.6 Å². The van der Waals surface area contributed by atoms with Crippen LogP contribution in [0.3, 0.4) is 0 Å². The molecular formula is C17H24N2O3. The molecule has 120 valence electrons. The van der Waals surface area contributed by atoms with Crippen molar-refractivity contribution in [2.75, 3.05) is 19.0 Å². The third kappa shape index (κ3) is 5.39. The van der Waals surface area contributed by atoms with E-state index in [0.29, 0.717) is 23.8 Å². The van der Waals surface area contributed by atoms with Crippen LogP contribution in [0.1, 0.15) is 38.5 Å². The number of benzene rings is 1. The van der Waals surface area contributed by atoms with Gasteiger partial charge in [-0.05, 0) is 24.5 Å². The van der Waals surface area contributed by atoms with Crippen LogP contribution in [0.2, 0.25) is 0 Å². The first-order valence-corrected chi connectivity index (χ1v) is 7.90. The molecule has 0 heterocycles. The van der Waals surface area contributed by atoms with E-state index in [1.807, 2.05) is 6.07 Å². The Morgan fingerprint density at radius 3 is 2.73 bits per heavy atom. The highest BCUT2D eigenvalue weighted by Crippen LogP contribution is 2.28. The van der Waals surface area contributed by atoms with E-state index in [-0.39, 0.29) is 18.4 Å². The predicted octanol–water partition coefficient (Wildman–Crippen LogP) is 2.72. The van der Waals surface area contributed by atoms with Gasteiger partial charge >= 0.3 is 0 Å². The lowest BCUT2D eigenvalue weighted by molar-refractivity contribution is -0.122. The molecule has 5 nitrogen and oxygen atoms in total. The Hall–Kier alpha value is -2.04. The summed E-state index contributed by atoms with van der Waals surface area (Å²) in [5.41, 5.74) is 0.700. The Labute approximate surface area is 131 Å². The summed E-state index contributed by atoms with van der Waals surface area (Å²) in [6.07, 6.45) is 6.66. The maximum absolute atomic E-state index is 12.0. The molecule has 0 radical (unpaired) electrons. The van der Waals surface area contributed by atoms with Gasteiger partial charge in [-0.25, -0.2) is 0 Å². The van der Waals surface area contributed by atoms with Crippen LogP contribution in [-0.4, -0.2) is 25.5 Å². The molecule has 0 bridgehead atoms. The molecule has 0 aromatic heterocycles. The van der Waals surface area contributed by atoms with Crippen molar-refractivity contribution in [3.05, 3.63) is 24.3 Å².